The van der Waals surface area contributed by atoms with Crippen LogP contribution in [0.2, 0.25) is 0 Å². The van der Waals surface area contributed by atoms with Gasteiger partial charge in [0.1, 0.15) is 11.3 Å². The number of ether oxygens (including phenoxy) is 2. The lowest BCUT2D eigenvalue weighted by atomic mass is 9.91. The zero-order valence-corrected chi connectivity index (χ0v) is 16.7. The quantitative estimate of drug-likeness (QED) is 0.347. The van der Waals surface area contributed by atoms with Gasteiger partial charge in [-0.1, -0.05) is 39.0 Å². The van der Waals surface area contributed by atoms with Crippen molar-refractivity contribution in [3.63, 3.8) is 0 Å². The number of carbonyl (C=O) groups is 3. The van der Waals surface area contributed by atoms with E-state index >= 15 is 0 Å². The molecular formula is C21H30O6. The van der Waals surface area contributed by atoms with E-state index in [0.29, 0.717) is 12.0 Å². The van der Waals surface area contributed by atoms with Crippen molar-refractivity contribution in [2.24, 2.45) is 0 Å². The number of esters is 2. The minimum absolute atomic E-state index is 0.0626. The number of aromatic hydroxyl groups is 1. The van der Waals surface area contributed by atoms with Crippen molar-refractivity contribution < 1.29 is 29.0 Å². The number of unbranched alkanes of at least 4 members (excludes halogenated alkanes) is 5. The summed E-state index contributed by atoms with van der Waals surface area (Å²) in [4.78, 5) is 36.7. The smallest absolute Gasteiger partial charge is 0.342 e. The highest BCUT2D eigenvalue weighted by atomic mass is 16.5. The summed E-state index contributed by atoms with van der Waals surface area (Å²) < 4.78 is 9.70. The SMILES string of the molecule is CCCCCCCCc1cc(C(C)=O)c(C(=O)OCC)c(C(=O)OC)c1O. The van der Waals surface area contributed by atoms with Crippen LogP contribution >= 0.6 is 0 Å². The summed E-state index contributed by atoms with van der Waals surface area (Å²) in [6, 6.07) is 1.49. The number of benzene rings is 1. The molecule has 6 heteroatoms. The molecule has 1 aromatic carbocycles. The Bertz CT molecular complexity index is 678. The van der Waals surface area contributed by atoms with Gasteiger partial charge < -0.3 is 14.6 Å². The first-order valence-electron chi connectivity index (χ1n) is 9.54. The van der Waals surface area contributed by atoms with Crippen LogP contribution in [0, 0.1) is 0 Å². The molecule has 0 amide bonds. The maximum atomic E-state index is 12.3. The molecule has 27 heavy (non-hydrogen) atoms. The first-order valence-corrected chi connectivity index (χ1v) is 9.54. The van der Waals surface area contributed by atoms with Crippen LogP contribution < -0.4 is 0 Å². The monoisotopic (exact) mass is 378 g/mol. The number of ketones is 1. The normalized spacial score (nSPS) is 10.5. The Morgan fingerprint density at radius 1 is 0.963 bits per heavy atom. The third-order valence-corrected chi connectivity index (χ3v) is 4.43. The van der Waals surface area contributed by atoms with Crippen LogP contribution in [0.15, 0.2) is 6.07 Å². The second-order valence-electron chi connectivity index (χ2n) is 6.47. The van der Waals surface area contributed by atoms with E-state index in [0.717, 1.165) is 32.8 Å². The lowest BCUT2D eigenvalue weighted by Crippen LogP contribution is -2.18. The Morgan fingerprint density at radius 2 is 1.59 bits per heavy atom. The molecule has 0 radical (unpaired) electrons. The van der Waals surface area contributed by atoms with Crippen molar-refractivity contribution in [1.29, 1.82) is 0 Å². The molecule has 0 atom stereocenters. The molecule has 0 spiro atoms. The molecule has 1 rings (SSSR count). The Labute approximate surface area is 160 Å². The van der Waals surface area contributed by atoms with Gasteiger partial charge in [-0.2, -0.15) is 0 Å². The molecule has 0 aliphatic rings. The zero-order valence-electron chi connectivity index (χ0n) is 16.7. The zero-order chi connectivity index (χ0) is 20.4. The van der Waals surface area contributed by atoms with E-state index in [4.69, 9.17) is 9.47 Å². The van der Waals surface area contributed by atoms with Gasteiger partial charge in [0.2, 0.25) is 0 Å². The molecule has 0 aliphatic heterocycles. The van der Waals surface area contributed by atoms with Gasteiger partial charge in [0.05, 0.1) is 19.3 Å². The molecule has 0 aliphatic carbocycles. The van der Waals surface area contributed by atoms with Gasteiger partial charge in [0.15, 0.2) is 5.78 Å². The fourth-order valence-corrected chi connectivity index (χ4v) is 3.01. The number of aryl methyl sites for hydroxylation is 1. The molecule has 6 nitrogen and oxygen atoms in total. The third kappa shape index (κ3) is 6.08. The van der Waals surface area contributed by atoms with Crippen molar-refractivity contribution >= 4 is 17.7 Å². The van der Waals surface area contributed by atoms with Crippen molar-refractivity contribution in [1.82, 2.24) is 0 Å². The molecule has 0 unspecified atom stereocenters. The van der Waals surface area contributed by atoms with E-state index in [9.17, 15) is 19.5 Å². The minimum Gasteiger partial charge on any atom is -0.507 e. The van der Waals surface area contributed by atoms with Crippen molar-refractivity contribution in [2.45, 2.75) is 65.7 Å². The first kappa shape index (κ1) is 22.7. The van der Waals surface area contributed by atoms with E-state index in [1.165, 1.54) is 25.8 Å². The Morgan fingerprint density at radius 3 is 2.15 bits per heavy atom. The lowest BCUT2D eigenvalue weighted by molar-refractivity contribution is 0.0499. The molecule has 0 heterocycles. The summed E-state index contributed by atoms with van der Waals surface area (Å²) in [7, 11) is 1.16. The molecule has 1 aromatic rings. The van der Waals surface area contributed by atoms with Crippen LogP contribution in [0.25, 0.3) is 0 Å². The van der Waals surface area contributed by atoms with Gasteiger partial charge in [-0.3, -0.25) is 4.79 Å². The van der Waals surface area contributed by atoms with Gasteiger partial charge in [0, 0.05) is 5.56 Å². The van der Waals surface area contributed by atoms with Gasteiger partial charge in [-0.15, -0.1) is 0 Å². The van der Waals surface area contributed by atoms with E-state index in [2.05, 4.69) is 6.92 Å². The molecule has 0 saturated heterocycles. The average Bonchev–Trinajstić information content (AvgIpc) is 2.64. The standard InChI is InChI=1S/C21H30O6/c1-5-7-8-9-10-11-12-15-13-16(14(3)22)17(21(25)27-6-2)18(19(15)23)20(24)26-4/h13,23H,5-12H2,1-4H3. The highest BCUT2D eigenvalue weighted by Crippen LogP contribution is 2.32. The molecule has 0 fully saturated rings. The Hall–Kier alpha value is -2.37. The number of rotatable bonds is 11. The van der Waals surface area contributed by atoms with Crippen molar-refractivity contribution in [2.75, 3.05) is 13.7 Å². The summed E-state index contributed by atoms with van der Waals surface area (Å²) >= 11 is 0. The Kier molecular flexibility index (Phi) is 9.54. The summed E-state index contributed by atoms with van der Waals surface area (Å²) in [6.45, 7) is 5.17. The van der Waals surface area contributed by atoms with Crippen LogP contribution in [-0.2, 0) is 15.9 Å². The molecular weight excluding hydrogens is 348 g/mol. The van der Waals surface area contributed by atoms with E-state index in [1.54, 1.807) is 6.92 Å². The number of Topliss-reactive ketones (excluding diaryl/α,β-unsaturated/α-hetero) is 1. The molecule has 150 valence electrons. The van der Waals surface area contributed by atoms with Gasteiger partial charge in [-0.05, 0) is 38.3 Å². The fraction of sp³-hybridized carbons (Fsp3) is 0.571. The van der Waals surface area contributed by atoms with Crippen molar-refractivity contribution in [3.05, 3.63) is 28.3 Å². The maximum absolute atomic E-state index is 12.3. The topological polar surface area (TPSA) is 89.9 Å². The van der Waals surface area contributed by atoms with Crippen LogP contribution in [0.3, 0.4) is 0 Å². The predicted octanol–water partition coefficient (Wildman–Crippen LogP) is 4.46. The highest BCUT2D eigenvalue weighted by Gasteiger charge is 2.30. The van der Waals surface area contributed by atoms with E-state index in [1.807, 2.05) is 0 Å². The molecule has 0 saturated carbocycles. The third-order valence-electron chi connectivity index (χ3n) is 4.43. The minimum atomic E-state index is -0.872. The molecule has 0 bridgehead atoms. The van der Waals surface area contributed by atoms with Crippen LogP contribution in [0.4, 0.5) is 0 Å². The van der Waals surface area contributed by atoms with Crippen molar-refractivity contribution in [3.8, 4) is 5.75 Å². The fourth-order valence-electron chi connectivity index (χ4n) is 3.01. The number of phenols is 1. The summed E-state index contributed by atoms with van der Waals surface area (Å²) in [6.07, 6.45) is 6.93. The largest absolute Gasteiger partial charge is 0.507 e. The predicted molar refractivity (Wildman–Crippen MR) is 102 cm³/mol. The van der Waals surface area contributed by atoms with Gasteiger partial charge in [-0.25, -0.2) is 9.59 Å². The second-order valence-corrected chi connectivity index (χ2v) is 6.47. The van der Waals surface area contributed by atoms with Crippen LogP contribution in [0.5, 0.6) is 5.75 Å². The summed E-state index contributed by atoms with van der Waals surface area (Å²) in [5.41, 5.74) is -0.0122. The van der Waals surface area contributed by atoms with E-state index in [-0.39, 0.29) is 34.8 Å². The Balaban J connectivity index is 3.26. The van der Waals surface area contributed by atoms with E-state index < -0.39 is 11.9 Å². The first-order chi connectivity index (χ1) is 12.9. The molecule has 1 N–H and O–H groups in total. The maximum Gasteiger partial charge on any atom is 0.342 e. The number of hydrogen-bond acceptors (Lipinski definition) is 6. The van der Waals surface area contributed by atoms with Crippen LogP contribution in [0.1, 0.15) is 95.9 Å². The number of phenolic OH excluding ortho intramolecular Hbond substituents is 1. The summed E-state index contributed by atoms with van der Waals surface area (Å²) in [5, 5.41) is 10.6. The number of methoxy groups -OCH3 is 1. The average molecular weight is 378 g/mol. The number of hydrogen-bond donors (Lipinski definition) is 1. The molecule has 0 aromatic heterocycles. The second kappa shape index (κ2) is 11.4. The van der Waals surface area contributed by atoms with Gasteiger partial charge >= 0.3 is 11.9 Å². The van der Waals surface area contributed by atoms with Crippen LogP contribution in [-0.4, -0.2) is 36.5 Å². The summed E-state index contributed by atoms with van der Waals surface area (Å²) in [5.74, 6) is -2.40. The number of carbonyl (C=O) groups excluding carboxylic acids is 3. The lowest BCUT2D eigenvalue weighted by Gasteiger charge is -2.16. The van der Waals surface area contributed by atoms with Gasteiger partial charge in [0.25, 0.3) is 0 Å². The highest BCUT2D eigenvalue weighted by molar-refractivity contribution is 6.13.